The third-order valence-corrected chi connectivity index (χ3v) is 5.04. The second kappa shape index (κ2) is 8.04. The molecule has 29 heavy (non-hydrogen) atoms. The topological polar surface area (TPSA) is 105 Å². The summed E-state index contributed by atoms with van der Waals surface area (Å²) < 4.78 is 7.43. The number of hydrogen-bond donors (Lipinski definition) is 2. The van der Waals surface area contributed by atoms with Gasteiger partial charge in [-0.1, -0.05) is 0 Å². The molecule has 2 aromatic heterocycles. The lowest BCUT2D eigenvalue weighted by molar-refractivity contribution is 0.0950. The zero-order chi connectivity index (χ0) is 20.4. The van der Waals surface area contributed by atoms with E-state index in [2.05, 4.69) is 31.8 Å². The molecule has 1 amide bonds. The number of morpholine rings is 1. The third kappa shape index (κ3) is 4.00. The van der Waals surface area contributed by atoms with Crippen molar-refractivity contribution in [3.8, 4) is 0 Å². The van der Waals surface area contributed by atoms with Crippen LogP contribution in [0.5, 0.6) is 0 Å². The van der Waals surface area contributed by atoms with E-state index >= 15 is 0 Å². The van der Waals surface area contributed by atoms with Crippen molar-refractivity contribution < 1.29 is 9.53 Å². The van der Waals surface area contributed by atoms with Gasteiger partial charge in [-0.3, -0.25) is 14.6 Å². The lowest BCUT2D eigenvalue weighted by Gasteiger charge is -2.27. The largest absolute Gasteiger partial charge is 0.378 e. The maximum atomic E-state index is 12.6. The fourth-order valence-corrected chi connectivity index (χ4v) is 3.57. The van der Waals surface area contributed by atoms with Gasteiger partial charge in [0.25, 0.3) is 11.5 Å². The molecule has 1 aliphatic rings. The van der Waals surface area contributed by atoms with Crippen molar-refractivity contribution in [1.82, 2.24) is 24.8 Å². The Bertz CT molecular complexity index is 1100. The minimum atomic E-state index is -0.243. The minimum absolute atomic E-state index is 0.167. The number of rotatable bonds is 5. The van der Waals surface area contributed by atoms with Crippen LogP contribution < -0.4 is 15.8 Å². The molecule has 3 heterocycles. The van der Waals surface area contributed by atoms with Crippen LogP contribution in [0.4, 0.5) is 5.95 Å². The lowest BCUT2D eigenvalue weighted by Crippen LogP contribution is -2.38. The smallest absolute Gasteiger partial charge is 0.252 e. The van der Waals surface area contributed by atoms with E-state index < -0.39 is 0 Å². The summed E-state index contributed by atoms with van der Waals surface area (Å²) in [6.45, 7) is 7.54. The number of fused-ring (bicyclic) bond motifs is 1. The van der Waals surface area contributed by atoms with Gasteiger partial charge >= 0.3 is 0 Å². The van der Waals surface area contributed by atoms with Crippen LogP contribution in [-0.4, -0.2) is 51.7 Å². The van der Waals surface area contributed by atoms with Crippen LogP contribution in [-0.2, 0) is 17.8 Å². The Morgan fingerprint density at radius 2 is 2.03 bits per heavy atom. The normalized spacial score (nSPS) is 14.3. The summed E-state index contributed by atoms with van der Waals surface area (Å²) in [5, 5.41) is 2.84. The number of ether oxygens (including phenoxy) is 1. The number of aromatic nitrogens is 4. The summed E-state index contributed by atoms with van der Waals surface area (Å²) in [7, 11) is 0. The maximum Gasteiger partial charge on any atom is 0.252 e. The first-order valence-electron chi connectivity index (χ1n) is 9.73. The van der Waals surface area contributed by atoms with Gasteiger partial charge in [0.1, 0.15) is 5.82 Å². The summed E-state index contributed by atoms with van der Waals surface area (Å²) in [6, 6.07) is 6.89. The number of amides is 1. The van der Waals surface area contributed by atoms with E-state index in [1.165, 1.54) is 6.07 Å². The Morgan fingerprint density at radius 3 is 2.79 bits per heavy atom. The monoisotopic (exact) mass is 396 g/mol. The molecular formula is C20H24N6O3. The van der Waals surface area contributed by atoms with E-state index in [1.54, 1.807) is 12.1 Å². The Balaban J connectivity index is 1.49. The van der Waals surface area contributed by atoms with Gasteiger partial charge in [-0.15, -0.1) is 0 Å². The molecule has 152 valence electrons. The molecule has 9 nitrogen and oxygen atoms in total. The molecular weight excluding hydrogens is 372 g/mol. The fourth-order valence-electron chi connectivity index (χ4n) is 3.57. The van der Waals surface area contributed by atoms with Crippen molar-refractivity contribution in [2.75, 3.05) is 31.2 Å². The van der Waals surface area contributed by atoms with Crippen LogP contribution >= 0.6 is 0 Å². The average Bonchev–Trinajstić information content (AvgIpc) is 3.06. The highest BCUT2D eigenvalue weighted by Gasteiger charge is 2.15. The zero-order valence-corrected chi connectivity index (χ0v) is 16.6. The second-order valence-corrected chi connectivity index (χ2v) is 6.95. The first-order valence-corrected chi connectivity index (χ1v) is 9.73. The summed E-state index contributed by atoms with van der Waals surface area (Å²) in [5.41, 5.74) is 2.59. The van der Waals surface area contributed by atoms with E-state index in [0.717, 1.165) is 23.4 Å². The van der Waals surface area contributed by atoms with Crippen LogP contribution in [0.3, 0.4) is 0 Å². The van der Waals surface area contributed by atoms with Gasteiger partial charge < -0.3 is 19.5 Å². The van der Waals surface area contributed by atoms with Gasteiger partial charge in [0.15, 0.2) is 0 Å². The number of nitrogens with zero attached hydrogens (tertiary/aromatic N) is 4. The molecule has 0 saturated carbocycles. The number of imidazole rings is 1. The lowest BCUT2D eigenvalue weighted by atomic mass is 10.2. The van der Waals surface area contributed by atoms with E-state index in [4.69, 9.17) is 4.74 Å². The number of aryl methyl sites for hydroxylation is 2. The molecule has 0 aliphatic carbocycles. The Morgan fingerprint density at radius 1 is 1.24 bits per heavy atom. The van der Waals surface area contributed by atoms with Crippen molar-refractivity contribution in [3.05, 3.63) is 51.7 Å². The fraction of sp³-hybridized carbons (Fsp3) is 0.400. The van der Waals surface area contributed by atoms with Crippen LogP contribution in [0.1, 0.15) is 28.8 Å². The van der Waals surface area contributed by atoms with Crippen molar-refractivity contribution in [3.63, 3.8) is 0 Å². The summed E-state index contributed by atoms with van der Waals surface area (Å²) >= 11 is 0. The van der Waals surface area contributed by atoms with Gasteiger partial charge in [0, 0.05) is 31.3 Å². The molecule has 3 aromatic rings. The molecule has 2 N–H and O–H groups in total. The van der Waals surface area contributed by atoms with E-state index in [-0.39, 0.29) is 18.0 Å². The summed E-state index contributed by atoms with van der Waals surface area (Å²) in [6.07, 6.45) is 0. The van der Waals surface area contributed by atoms with Crippen LogP contribution in [0, 0.1) is 6.92 Å². The molecule has 1 fully saturated rings. The van der Waals surface area contributed by atoms with Gasteiger partial charge in [-0.2, -0.15) is 0 Å². The summed E-state index contributed by atoms with van der Waals surface area (Å²) in [4.78, 5) is 38.3. The number of hydrogen-bond acceptors (Lipinski definition) is 6. The molecule has 0 unspecified atom stereocenters. The zero-order valence-electron chi connectivity index (χ0n) is 16.6. The second-order valence-electron chi connectivity index (χ2n) is 6.95. The Labute approximate surface area is 167 Å². The quantitative estimate of drug-likeness (QED) is 0.672. The maximum absolute atomic E-state index is 12.6. The van der Waals surface area contributed by atoms with E-state index in [1.807, 2.05) is 17.9 Å². The number of benzene rings is 1. The van der Waals surface area contributed by atoms with Crippen LogP contribution in [0.2, 0.25) is 0 Å². The predicted octanol–water partition coefficient (Wildman–Crippen LogP) is 1.21. The Hall–Kier alpha value is -3.20. The minimum Gasteiger partial charge on any atom is -0.378 e. The summed E-state index contributed by atoms with van der Waals surface area (Å²) in [5.74, 6) is 1.20. The first-order chi connectivity index (χ1) is 14.0. The molecule has 4 rings (SSSR count). The van der Waals surface area contributed by atoms with Gasteiger partial charge in [0.2, 0.25) is 5.95 Å². The molecule has 0 spiro atoms. The number of aromatic amines is 1. The van der Waals surface area contributed by atoms with Gasteiger partial charge in [0.05, 0.1) is 36.5 Å². The third-order valence-electron chi connectivity index (χ3n) is 5.04. The van der Waals surface area contributed by atoms with Crippen molar-refractivity contribution in [1.29, 1.82) is 0 Å². The number of anilines is 1. The van der Waals surface area contributed by atoms with E-state index in [9.17, 15) is 9.59 Å². The highest BCUT2D eigenvalue weighted by Crippen LogP contribution is 2.18. The molecule has 1 aromatic carbocycles. The molecule has 0 radical (unpaired) electrons. The molecule has 0 bridgehead atoms. The number of nitrogens with one attached hydrogen (secondary N) is 2. The average molecular weight is 396 g/mol. The Kier molecular flexibility index (Phi) is 5.30. The number of carbonyl (C=O) groups is 1. The number of H-pyrrole nitrogens is 1. The molecule has 1 saturated heterocycles. The first kappa shape index (κ1) is 19.1. The predicted molar refractivity (Wildman–Crippen MR) is 109 cm³/mol. The standard InChI is InChI=1S/C20H24N6O3/c1-3-26-13(2)22-16-10-14(4-5-17(16)26)19(28)21-12-15-11-18(27)24-20(23-15)25-6-8-29-9-7-25/h4-5,10-11H,3,6-9,12H2,1-2H3,(H,21,28)(H,23,24,27). The van der Waals surface area contributed by atoms with E-state index in [0.29, 0.717) is 43.5 Å². The van der Waals surface area contributed by atoms with Gasteiger partial charge in [-0.05, 0) is 32.0 Å². The SMILES string of the molecule is CCn1c(C)nc2cc(C(=O)NCc3cc(=O)[nH]c(N4CCOCC4)n3)ccc21. The van der Waals surface area contributed by atoms with Gasteiger partial charge in [-0.25, -0.2) is 9.97 Å². The highest BCUT2D eigenvalue weighted by atomic mass is 16.5. The van der Waals surface area contributed by atoms with Crippen molar-refractivity contribution in [2.24, 2.45) is 0 Å². The van der Waals surface area contributed by atoms with Crippen LogP contribution in [0.25, 0.3) is 11.0 Å². The highest BCUT2D eigenvalue weighted by molar-refractivity contribution is 5.97. The van der Waals surface area contributed by atoms with Crippen molar-refractivity contribution in [2.45, 2.75) is 26.9 Å². The van der Waals surface area contributed by atoms with Crippen molar-refractivity contribution >= 4 is 22.9 Å². The molecule has 9 heteroatoms. The molecule has 1 aliphatic heterocycles. The van der Waals surface area contributed by atoms with Crippen LogP contribution in [0.15, 0.2) is 29.1 Å². The number of carbonyl (C=O) groups excluding carboxylic acids is 1. The molecule has 0 atom stereocenters.